The molecule has 0 N–H and O–H groups in total. The normalized spacial score (nSPS) is 10.2. The first-order valence-corrected chi connectivity index (χ1v) is 7.48. The molecule has 4 heteroatoms. The zero-order chi connectivity index (χ0) is 15.2. The Morgan fingerprint density at radius 3 is 2.33 bits per heavy atom. The number of esters is 1. The Kier molecular flexibility index (Phi) is 5.39. The molecule has 0 unspecified atom stereocenters. The van der Waals surface area contributed by atoms with Crippen LogP contribution in [0.1, 0.15) is 12.5 Å². The van der Waals surface area contributed by atoms with Crippen molar-refractivity contribution in [3.05, 3.63) is 52.5 Å². The van der Waals surface area contributed by atoms with Crippen molar-refractivity contribution in [2.75, 3.05) is 13.2 Å². The highest BCUT2D eigenvalue weighted by Gasteiger charge is 2.05. The van der Waals surface area contributed by atoms with Gasteiger partial charge in [0.25, 0.3) is 0 Å². The van der Waals surface area contributed by atoms with Gasteiger partial charge in [0, 0.05) is 6.92 Å². The Balaban J connectivity index is 2.03. The predicted molar refractivity (Wildman–Crippen MR) is 86.4 cm³/mol. The monoisotopic (exact) mass is 348 g/mol. The third-order valence-corrected chi connectivity index (χ3v) is 3.58. The van der Waals surface area contributed by atoms with E-state index in [0.29, 0.717) is 6.61 Å². The summed E-state index contributed by atoms with van der Waals surface area (Å²) in [6.45, 7) is 4.04. The third-order valence-electron chi connectivity index (χ3n) is 2.96. The van der Waals surface area contributed by atoms with Crippen molar-refractivity contribution in [1.82, 2.24) is 0 Å². The van der Waals surface area contributed by atoms with Gasteiger partial charge in [0.1, 0.15) is 19.0 Å². The van der Waals surface area contributed by atoms with Crippen LogP contribution in [0.3, 0.4) is 0 Å². The van der Waals surface area contributed by atoms with Crippen molar-refractivity contribution in [2.45, 2.75) is 13.8 Å². The molecule has 110 valence electrons. The summed E-state index contributed by atoms with van der Waals surface area (Å²) in [6, 6.07) is 14.3. The van der Waals surface area contributed by atoms with E-state index in [0.717, 1.165) is 21.3 Å². The standard InChI is InChI=1S/C17H17BrO3/c1-12-3-5-14(6-4-12)15-7-8-17(16(18)11-15)21-10-9-20-13(2)19/h3-8,11H,9-10H2,1-2H3. The summed E-state index contributed by atoms with van der Waals surface area (Å²) in [5.74, 6) is 0.436. The molecule has 0 atom stereocenters. The van der Waals surface area contributed by atoms with Crippen molar-refractivity contribution in [2.24, 2.45) is 0 Å². The molecule has 2 rings (SSSR count). The summed E-state index contributed by atoms with van der Waals surface area (Å²) in [4.78, 5) is 10.7. The summed E-state index contributed by atoms with van der Waals surface area (Å²) < 4.78 is 11.3. The quantitative estimate of drug-likeness (QED) is 0.594. The highest BCUT2D eigenvalue weighted by molar-refractivity contribution is 9.10. The second-order valence-corrected chi connectivity index (χ2v) is 5.55. The van der Waals surface area contributed by atoms with Crippen LogP contribution in [0.25, 0.3) is 11.1 Å². The van der Waals surface area contributed by atoms with Gasteiger partial charge in [-0.2, -0.15) is 0 Å². The molecule has 0 bridgehead atoms. The average molecular weight is 349 g/mol. The van der Waals surface area contributed by atoms with Crippen LogP contribution in [0, 0.1) is 6.92 Å². The van der Waals surface area contributed by atoms with Gasteiger partial charge in [-0.3, -0.25) is 4.79 Å². The minimum absolute atomic E-state index is 0.251. The summed E-state index contributed by atoms with van der Waals surface area (Å²) in [7, 11) is 0. The van der Waals surface area contributed by atoms with E-state index in [9.17, 15) is 4.79 Å². The van der Waals surface area contributed by atoms with E-state index in [2.05, 4.69) is 47.1 Å². The molecule has 0 heterocycles. The lowest BCUT2D eigenvalue weighted by atomic mass is 10.0. The zero-order valence-corrected chi connectivity index (χ0v) is 13.6. The van der Waals surface area contributed by atoms with Gasteiger partial charge in [-0.15, -0.1) is 0 Å². The molecule has 2 aromatic rings. The number of carbonyl (C=O) groups is 1. The molecule has 2 aromatic carbocycles. The molecule has 21 heavy (non-hydrogen) atoms. The molecule has 0 fully saturated rings. The number of benzene rings is 2. The Labute approximate surface area is 133 Å². The van der Waals surface area contributed by atoms with Crippen LogP contribution in [0.5, 0.6) is 5.75 Å². The molecule has 3 nitrogen and oxygen atoms in total. The second-order valence-electron chi connectivity index (χ2n) is 4.70. The van der Waals surface area contributed by atoms with Gasteiger partial charge < -0.3 is 9.47 Å². The number of halogens is 1. The number of rotatable bonds is 5. The van der Waals surface area contributed by atoms with Crippen LogP contribution in [0.2, 0.25) is 0 Å². The lowest BCUT2D eigenvalue weighted by molar-refractivity contribution is -0.141. The first kappa shape index (κ1) is 15.6. The van der Waals surface area contributed by atoms with Crippen molar-refractivity contribution in [3.63, 3.8) is 0 Å². The smallest absolute Gasteiger partial charge is 0.302 e. The topological polar surface area (TPSA) is 35.5 Å². The maximum Gasteiger partial charge on any atom is 0.302 e. The minimum atomic E-state index is -0.299. The predicted octanol–water partition coefficient (Wildman–Crippen LogP) is 4.37. The lowest BCUT2D eigenvalue weighted by Crippen LogP contribution is -2.09. The molecule has 0 saturated heterocycles. The van der Waals surface area contributed by atoms with Gasteiger partial charge >= 0.3 is 5.97 Å². The Morgan fingerprint density at radius 2 is 1.71 bits per heavy atom. The fraction of sp³-hybridized carbons (Fsp3) is 0.235. The van der Waals surface area contributed by atoms with E-state index in [1.807, 2.05) is 18.2 Å². The summed E-state index contributed by atoms with van der Waals surface area (Å²) in [6.07, 6.45) is 0. The van der Waals surface area contributed by atoms with Crippen LogP contribution < -0.4 is 4.74 Å². The van der Waals surface area contributed by atoms with E-state index < -0.39 is 0 Å². The van der Waals surface area contributed by atoms with Crippen LogP contribution in [-0.2, 0) is 9.53 Å². The maximum atomic E-state index is 10.7. The largest absolute Gasteiger partial charge is 0.489 e. The summed E-state index contributed by atoms with van der Waals surface area (Å²) in [5, 5.41) is 0. The fourth-order valence-corrected chi connectivity index (χ4v) is 2.37. The zero-order valence-electron chi connectivity index (χ0n) is 12.1. The minimum Gasteiger partial charge on any atom is -0.489 e. The van der Waals surface area contributed by atoms with Gasteiger partial charge in [-0.1, -0.05) is 35.9 Å². The molecule has 0 spiro atoms. The molecule has 0 aliphatic rings. The van der Waals surface area contributed by atoms with Gasteiger partial charge in [0.05, 0.1) is 4.47 Å². The van der Waals surface area contributed by atoms with Crippen molar-refractivity contribution in [1.29, 1.82) is 0 Å². The van der Waals surface area contributed by atoms with E-state index in [1.165, 1.54) is 12.5 Å². The second kappa shape index (κ2) is 7.27. The van der Waals surface area contributed by atoms with Gasteiger partial charge in [-0.05, 0) is 46.1 Å². The number of carbonyl (C=O) groups excluding carboxylic acids is 1. The van der Waals surface area contributed by atoms with E-state index in [1.54, 1.807) is 0 Å². The molecule has 0 aliphatic carbocycles. The van der Waals surface area contributed by atoms with Gasteiger partial charge in [-0.25, -0.2) is 0 Å². The number of aryl methyl sites for hydroxylation is 1. The average Bonchev–Trinajstić information content (AvgIpc) is 2.45. The number of hydrogen-bond acceptors (Lipinski definition) is 3. The Morgan fingerprint density at radius 1 is 1.05 bits per heavy atom. The number of hydrogen-bond donors (Lipinski definition) is 0. The molecule has 0 radical (unpaired) electrons. The van der Waals surface area contributed by atoms with Crippen molar-refractivity contribution < 1.29 is 14.3 Å². The Hall–Kier alpha value is -1.81. The van der Waals surface area contributed by atoms with E-state index in [4.69, 9.17) is 9.47 Å². The highest BCUT2D eigenvalue weighted by Crippen LogP contribution is 2.30. The van der Waals surface area contributed by atoms with Crippen molar-refractivity contribution >= 4 is 21.9 Å². The molecular formula is C17H17BrO3. The van der Waals surface area contributed by atoms with Crippen LogP contribution in [-0.4, -0.2) is 19.2 Å². The van der Waals surface area contributed by atoms with Gasteiger partial charge in [0.15, 0.2) is 0 Å². The van der Waals surface area contributed by atoms with Gasteiger partial charge in [0.2, 0.25) is 0 Å². The van der Waals surface area contributed by atoms with Crippen LogP contribution in [0.4, 0.5) is 0 Å². The summed E-state index contributed by atoms with van der Waals surface area (Å²) in [5.41, 5.74) is 3.52. The molecule has 0 saturated carbocycles. The highest BCUT2D eigenvalue weighted by atomic mass is 79.9. The summed E-state index contributed by atoms with van der Waals surface area (Å²) >= 11 is 3.51. The molecule has 0 aliphatic heterocycles. The first-order valence-electron chi connectivity index (χ1n) is 6.69. The van der Waals surface area contributed by atoms with Crippen LogP contribution in [0.15, 0.2) is 46.9 Å². The molecule has 0 amide bonds. The molecular weight excluding hydrogens is 332 g/mol. The first-order chi connectivity index (χ1) is 10.1. The van der Waals surface area contributed by atoms with E-state index in [-0.39, 0.29) is 12.6 Å². The number of ether oxygens (including phenoxy) is 2. The van der Waals surface area contributed by atoms with Crippen molar-refractivity contribution in [3.8, 4) is 16.9 Å². The SMILES string of the molecule is CC(=O)OCCOc1ccc(-c2ccc(C)cc2)cc1Br. The molecule has 0 aromatic heterocycles. The fourth-order valence-electron chi connectivity index (χ4n) is 1.88. The van der Waals surface area contributed by atoms with E-state index >= 15 is 0 Å². The van der Waals surface area contributed by atoms with Crippen LogP contribution >= 0.6 is 15.9 Å². The third kappa shape index (κ3) is 4.60. The maximum absolute atomic E-state index is 10.7. The Bertz CT molecular complexity index is 620. The lowest BCUT2D eigenvalue weighted by Gasteiger charge is -2.10.